The van der Waals surface area contributed by atoms with Gasteiger partial charge in [0.15, 0.2) is 0 Å². The van der Waals surface area contributed by atoms with Crippen molar-refractivity contribution in [3.8, 4) is 0 Å². The van der Waals surface area contributed by atoms with Crippen LogP contribution in [0.3, 0.4) is 0 Å². The summed E-state index contributed by atoms with van der Waals surface area (Å²) in [6.45, 7) is 4.54. The molecule has 0 aliphatic carbocycles. The number of amides is 2. The van der Waals surface area contributed by atoms with Gasteiger partial charge in [0.05, 0.1) is 5.92 Å². The van der Waals surface area contributed by atoms with Crippen LogP contribution in [0.1, 0.15) is 12.0 Å². The van der Waals surface area contributed by atoms with Crippen LogP contribution in [0.4, 0.5) is 0 Å². The molecule has 1 aromatic carbocycles. The van der Waals surface area contributed by atoms with E-state index < -0.39 is 0 Å². The minimum atomic E-state index is -0.167. The Kier molecular flexibility index (Phi) is 4.43. The van der Waals surface area contributed by atoms with E-state index in [0.29, 0.717) is 19.5 Å². The lowest BCUT2D eigenvalue weighted by atomic mass is 10.1. The molecule has 1 aromatic rings. The Balaban J connectivity index is 1.58. The summed E-state index contributed by atoms with van der Waals surface area (Å²) < 4.78 is 0. The Morgan fingerprint density at radius 2 is 1.82 bits per heavy atom. The van der Waals surface area contributed by atoms with Crippen molar-refractivity contribution in [2.45, 2.75) is 13.0 Å². The normalized spacial score (nSPS) is 23.1. The molecular formula is C17H23N3O2. The van der Waals surface area contributed by atoms with Crippen LogP contribution in [-0.2, 0) is 16.1 Å². The maximum atomic E-state index is 12.6. The predicted molar refractivity (Wildman–Crippen MR) is 84.0 cm³/mol. The number of rotatable bonds is 3. The maximum absolute atomic E-state index is 12.6. The van der Waals surface area contributed by atoms with Gasteiger partial charge in [0, 0.05) is 45.7 Å². The maximum Gasteiger partial charge on any atom is 0.228 e. The van der Waals surface area contributed by atoms with E-state index in [1.807, 2.05) is 40.1 Å². The van der Waals surface area contributed by atoms with Gasteiger partial charge in [-0.2, -0.15) is 0 Å². The van der Waals surface area contributed by atoms with Crippen LogP contribution in [-0.4, -0.2) is 66.3 Å². The summed E-state index contributed by atoms with van der Waals surface area (Å²) >= 11 is 0. The molecule has 0 aromatic heterocycles. The molecule has 22 heavy (non-hydrogen) atoms. The summed E-state index contributed by atoms with van der Waals surface area (Å²) in [6, 6.07) is 9.95. The fraction of sp³-hybridized carbons (Fsp3) is 0.529. The van der Waals surface area contributed by atoms with Gasteiger partial charge in [-0.15, -0.1) is 0 Å². The van der Waals surface area contributed by atoms with Crippen molar-refractivity contribution in [2.75, 3.05) is 39.8 Å². The molecule has 1 atom stereocenters. The van der Waals surface area contributed by atoms with Crippen molar-refractivity contribution in [2.24, 2.45) is 5.92 Å². The smallest absolute Gasteiger partial charge is 0.228 e. The monoisotopic (exact) mass is 301 g/mol. The summed E-state index contributed by atoms with van der Waals surface area (Å²) in [5, 5.41) is 0. The number of likely N-dealkylation sites (tertiary alicyclic amines) is 1. The Morgan fingerprint density at radius 1 is 1.14 bits per heavy atom. The summed E-state index contributed by atoms with van der Waals surface area (Å²) in [6.07, 6.45) is 0.359. The number of hydrogen-bond donors (Lipinski definition) is 0. The fourth-order valence-corrected chi connectivity index (χ4v) is 3.18. The second-order valence-corrected chi connectivity index (χ2v) is 6.29. The number of carbonyl (C=O) groups is 2. The Morgan fingerprint density at radius 3 is 2.50 bits per heavy atom. The second kappa shape index (κ2) is 6.48. The third kappa shape index (κ3) is 3.30. The predicted octanol–water partition coefficient (Wildman–Crippen LogP) is 0.809. The van der Waals surface area contributed by atoms with Crippen LogP contribution in [0.5, 0.6) is 0 Å². The van der Waals surface area contributed by atoms with E-state index in [2.05, 4.69) is 11.9 Å². The average molecular weight is 301 g/mol. The van der Waals surface area contributed by atoms with Crippen LogP contribution in [0.2, 0.25) is 0 Å². The van der Waals surface area contributed by atoms with Gasteiger partial charge in [-0.25, -0.2) is 0 Å². The third-order valence-electron chi connectivity index (χ3n) is 4.59. The first kappa shape index (κ1) is 15.0. The zero-order valence-electron chi connectivity index (χ0n) is 13.1. The first-order valence-corrected chi connectivity index (χ1v) is 7.92. The molecular weight excluding hydrogens is 278 g/mol. The number of benzene rings is 1. The van der Waals surface area contributed by atoms with Gasteiger partial charge in [0.2, 0.25) is 11.8 Å². The zero-order chi connectivity index (χ0) is 15.5. The molecule has 2 amide bonds. The summed E-state index contributed by atoms with van der Waals surface area (Å²) in [5.41, 5.74) is 1.11. The molecule has 2 heterocycles. The minimum absolute atomic E-state index is 0.0938. The van der Waals surface area contributed by atoms with E-state index in [9.17, 15) is 9.59 Å². The van der Waals surface area contributed by atoms with Crippen molar-refractivity contribution in [3.05, 3.63) is 35.9 Å². The molecule has 3 rings (SSSR count). The molecule has 5 heteroatoms. The summed E-state index contributed by atoms with van der Waals surface area (Å²) in [4.78, 5) is 30.7. The molecule has 2 aliphatic heterocycles. The van der Waals surface area contributed by atoms with Crippen LogP contribution in [0.25, 0.3) is 0 Å². The van der Waals surface area contributed by atoms with Crippen molar-refractivity contribution in [1.82, 2.24) is 14.7 Å². The number of carbonyl (C=O) groups excluding carboxylic acids is 2. The number of hydrogen-bond acceptors (Lipinski definition) is 3. The average Bonchev–Trinajstić information content (AvgIpc) is 2.89. The lowest BCUT2D eigenvalue weighted by molar-refractivity contribution is -0.137. The molecule has 0 bridgehead atoms. The third-order valence-corrected chi connectivity index (χ3v) is 4.59. The van der Waals surface area contributed by atoms with Crippen LogP contribution in [0.15, 0.2) is 30.3 Å². The lowest BCUT2D eigenvalue weighted by Gasteiger charge is -2.33. The zero-order valence-corrected chi connectivity index (χ0v) is 13.1. The van der Waals surface area contributed by atoms with Crippen LogP contribution >= 0.6 is 0 Å². The molecule has 2 aliphatic rings. The summed E-state index contributed by atoms with van der Waals surface area (Å²) in [7, 11) is 2.07. The Labute approximate surface area is 131 Å². The van der Waals surface area contributed by atoms with Gasteiger partial charge in [0.25, 0.3) is 0 Å². The Bertz CT molecular complexity index is 538. The van der Waals surface area contributed by atoms with Gasteiger partial charge >= 0.3 is 0 Å². The van der Waals surface area contributed by atoms with Gasteiger partial charge in [-0.1, -0.05) is 30.3 Å². The van der Waals surface area contributed by atoms with Gasteiger partial charge in [-0.05, 0) is 12.6 Å². The van der Waals surface area contributed by atoms with E-state index in [4.69, 9.17) is 0 Å². The number of likely N-dealkylation sites (N-methyl/N-ethyl adjacent to an activating group) is 1. The molecule has 118 valence electrons. The highest BCUT2D eigenvalue weighted by Gasteiger charge is 2.36. The summed E-state index contributed by atoms with van der Waals surface area (Å²) in [5.74, 6) is 0.0768. The van der Waals surface area contributed by atoms with E-state index >= 15 is 0 Å². The van der Waals surface area contributed by atoms with Gasteiger partial charge in [0.1, 0.15) is 0 Å². The highest BCUT2D eigenvalue weighted by Crippen LogP contribution is 2.22. The van der Waals surface area contributed by atoms with E-state index in [-0.39, 0.29) is 17.7 Å². The van der Waals surface area contributed by atoms with Crippen LogP contribution < -0.4 is 0 Å². The second-order valence-electron chi connectivity index (χ2n) is 6.29. The van der Waals surface area contributed by atoms with Crippen LogP contribution in [0, 0.1) is 5.92 Å². The van der Waals surface area contributed by atoms with Gasteiger partial charge in [-0.3, -0.25) is 9.59 Å². The quantitative estimate of drug-likeness (QED) is 0.830. The van der Waals surface area contributed by atoms with Gasteiger partial charge < -0.3 is 14.7 Å². The standard InChI is InChI=1S/C17H23N3O2/c1-18-7-9-19(10-8-18)17(22)15-11-16(21)20(13-15)12-14-5-3-2-4-6-14/h2-6,15H,7-13H2,1H3. The van der Waals surface area contributed by atoms with Crippen molar-refractivity contribution < 1.29 is 9.59 Å². The molecule has 0 saturated carbocycles. The van der Waals surface area contributed by atoms with Crippen molar-refractivity contribution >= 4 is 11.8 Å². The molecule has 5 nitrogen and oxygen atoms in total. The minimum Gasteiger partial charge on any atom is -0.340 e. The van der Waals surface area contributed by atoms with Crippen molar-refractivity contribution in [1.29, 1.82) is 0 Å². The fourth-order valence-electron chi connectivity index (χ4n) is 3.18. The molecule has 0 radical (unpaired) electrons. The molecule has 0 spiro atoms. The molecule has 0 N–H and O–H groups in total. The highest BCUT2D eigenvalue weighted by molar-refractivity contribution is 5.89. The first-order chi connectivity index (χ1) is 10.6. The first-order valence-electron chi connectivity index (χ1n) is 7.92. The largest absolute Gasteiger partial charge is 0.340 e. The molecule has 2 saturated heterocycles. The Hall–Kier alpha value is -1.88. The van der Waals surface area contributed by atoms with E-state index in [1.165, 1.54) is 0 Å². The molecule has 2 fully saturated rings. The SMILES string of the molecule is CN1CCN(C(=O)C2CC(=O)N(Cc3ccccc3)C2)CC1. The topological polar surface area (TPSA) is 43.9 Å². The highest BCUT2D eigenvalue weighted by atomic mass is 16.2. The number of piperazine rings is 1. The van der Waals surface area contributed by atoms with E-state index in [0.717, 1.165) is 31.7 Å². The van der Waals surface area contributed by atoms with Crippen molar-refractivity contribution in [3.63, 3.8) is 0 Å². The number of nitrogens with zero attached hydrogens (tertiary/aromatic N) is 3. The van der Waals surface area contributed by atoms with E-state index in [1.54, 1.807) is 0 Å². The molecule has 1 unspecified atom stereocenters. The lowest BCUT2D eigenvalue weighted by Crippen LogP contribution is -2.49.